The maximum atomic E-state index is 12.6. The summed E-state index contributed by atoms with van der Waals surface area (Å²) >= 11 is 0. The van der Waals surface area contributed by atoms with Gasteiger partial charge < -0.3 is 10.4 Å². The quantitative estimate of drug-likeness (QED) is 0.774. The molecule has 0 aliphatic carbocycles. The summed E-state index contributed by atoms with van der Waals surface area (Å²) in [5.41, 5.74) is 0.749. The number of benzene rings is 2. The highest BCUT2D eigenvalue weighted by Crippen LogP contribution is 2.18. The van der Waals surface area contributed by atoms with Crippen LogP contribution in [0.2, 0.25) is 0 Å². The Morgan fingerprint density at radius 1 is 1.04 bits per heavy atom. The zero-order valence-electron chi connectivity index (χ0n) is 14.5. The average molecular weight is 375 g/mol. The minimum atomic E-state index is -3.63. The number of amides is 1. The van der Waals surface area contributed by atoms with Gasteiger partial charge in [0.05, 0.1) is 10.6 Å². The fraction of sp³-hybridized carbons (Fsp3) is 0.263. The molecule has 1 amide bonds. The Kier molecular flexibility index (Phi) is 6.15. The van der Waals surface area contributed by atoms with Gasteiger partial charge in [0.1, 0.15) is 6.04 Å². The maximum Gasteiger partial charge on any atom is 0.326 e. The van der Waals surface area contributed by atoms with Crippen molar-refractivity contribution in [1.29, 1.82) is 0 Å². The third-order valence-corrected chi connectivity index (χ3v) is 5.56. The number of hydrogen-bond donors (Lipinski definition) is 2. The lowest BCUT2D eigenvalue weighted by Gasteiger charge is -2.18. The fourth-order valence-electron chi connectivity index (χ4n) is 2.45. The molecule has 0 fully saturated rings. The summed E-state index contributed by atoms with van der Waals surface area (Å²) in [6.45, 7) is 3.36. The molecule has 0 aliphatic rings. The second-order valence-electron chi connectivity index (χ2n) is 6.31. The predicted molar refractivity (Wildman–Crippen MR) is 97.5 cm³/mol. The average Bonchev–Trinajstić information content (AvgIpc) is 2.59. The van der Waals surface area contributed by atoms with Gasteiger partial charge in [-0.25, -0.2) is 13.2 Å². The number of rotatable bonds is 7. The molecule has 0 heterocycles. The number of carbonyl (C=O) groups excluding carboxylic acids is 1. The molecule has 2 aromatic carbocycles. The van der Waals surface area contributed by atoms with Crippen LogP contribution in [0.5, 0.6) is 0 Å². The van der Waals surface area contributed by atoms with E-state index in [2.05, 4.69) is 5.32 Å². The second-order valence-corrected chi connectivity index (χ2v) is 8.30. The Morgan fingerprint density at radius 3 is 2.27 bits per heavy atom. The Labute approximate surface area is 152 Å². The molecule has 26 heavy (non-hydrogen) atoms. The molecule has 6 nitrogen and oxygen atoms in total. The SMILES string of the molecule is CC(C)[C@@H](NC(=O)c1cccc(S(=O)(=O)Cc2ccccc2)c1)C(=O)O. The van der Waals surface area contributed by atoms with Gasteiger partial charge in [0, 0.05) is 5.56 Å². The van der Waals surface area contributed by atoms with Crippen molar-refractivity contribution >= 4 is 21.7 Å². The van der Waals surface area contributed by atoms with E-state index in [1.54, 1.807) is 44.2 Å². The molecule has 2 rings (SSSR count). The molecular weight excluding hydrogens is 354 g/mol. The fourth-order valence-corrected chi connectivity index (χ4v) is 3.84. The number of hydrogen-bond acceptors (Lipinski definition) is 4. The van der Waals surface area contributed by atoms with E-state index in [-0.39, 0.29) is 22.1 Å². The van der Waals surface area contributed by atoms with Crippen molar-refractivity contribution < 1.29 is 23.1 Å². The van der Waals surface area contributed by atoms with Crippen LogP contribution in [-0.4, -0.2) is 31.4 Å². The molecule has 1 atom stereocenters. The van der Waals surface area contributed by atoms with Gasteiger partial charge in [-0.2, -0.15) is 0 Å². The Hall–Kier alpha value is -2.67. The van der Waals surface area contributed by atoms with Crippen LogP contribution in [0.15, 0.2) is 59.5 Å². The maximum absolute atomic E-state index is 12.6. The minimum absolute atomic E-state index is 0.0189. The van der Waals surface area contributed by atoms with Crippen molar-refractivity contribution in [1.82, 2.24) is 5.32 Å². The first-order chi connectivity index (χ1) is 12.2. The molecule has 138 valence electrons. The Balaban J connectivity index is 2.24. The van der Waals surface area contributed by atoms with Gasteiger partial charge in [-0.15, -0.1) is 0 Å². The van der Waals surface area contributed by atoms with Gasteiger partial charge >= 0.3 is 5.97 Å². The van der Waals surface area contributed by atoms with Crippen LogP contribution in [0.3, 0.4) is 0 Å². The van der Waals surface area contributed by atoms with Gasteiger partial charge in [-0.1, -0.05) is 50.2 Å². The highest BCUT2D eigenvalue weighted by atomic mass is 32.2. The lowest BCUT2D eigenvalue weighted by molar-refractivity contribution is -0.140. The van der Waals surface area contributed by atoms with Crippen LogP contribution >= 0.6 is 0 Å². The molecule has 2 N–H and O–H groups in total. The smallest absolute Gasteiger partial charge is 0.326 e. The van der Waals surface area contributed by atoms with Crippen LogP contribution in [0.4, 0.5) is 0 Å². The molecule has 0 spiro atoms. The molecule has 7 heteroatoms. The molecule has 0 saturated carbocycles. The summed E-state index contributed by atoms with van der Waals surface area (Å²) in [7, 11) is -3.63. The second kappa shape index (κ2) is 8.14. The summed E-state index contributed by atoms with van der Waals surface area (Å²) in [6, 6.07) is 13.3. The third-order valence-electron chi connectivity index (χ3n) is 3.87. The monoisotopic (exact) mass is 375 g/mol. The highest BCUT2D eigenvalue weighted by Gasteiger charge is 2.24. The molecule has 2 aromatic rings. The van der Waals surface area contributed by atoms with E-state index >= 15 is 0 Å². The molecule has 0 unspecified atom stereocenters. The number of aliphatic carboxylic acids is 1. The van der Waals surface area contributed by atoms with Crippen molar-refractivity contribution in [2.24, 2.45) is 5.92 Å². The Morgan fingerprint density at radius 2 is 1.69 bits per heavy atom. The largest absolute Gasteiger partial charge is 0.480 e. The van der Waals surface area contributed by atoms with Gasteiger partial charge in [-0.3, -0.25) is 4.79 Å². The van der Waals surface area contributed by atoms with Crippen molar-refractivity contribution in [2.75, 3.05) is 0 Å². The molecule has 0 bridgehead atoms. The zero-order chi connectivity index (χ0) is 19.3. The van der Waals surface area contributed by atoms with Crippen molar-refractivity contribution in [3.05, 3.63) is 65.7 Å². The first kappa shape index (κ1) is 19.7. The van der Waals surface area contributed by atoms with E-state index in [1.807, 2.05) is 0 Å². The van der Waals surface area contributed by atoms with Gasteiger partial charge in [-0.05, 0) is 29.7 Å². The summed E-state index contributed by atoms with van der Waals surface area (Å²) in [6.07, 6.45) is 0. The number of carbonyl (C=O) groups is 2. The van der Waals surface area contributed by atoms with E-state index in [0.717, 1.165) is 0 Å². The summed E-state index contributed by atoms with van der Waals surface area (Å²) < 4.78 is 25.2. The number of nitrogens with one attached hydrogen (secondary N) is 1. The standard InChI is InChI=1S/C19H21NO5S/c1-13(2)17(19(22)23)20-18(21)15-9-6-10-16(11-15)26(24,25)12-14-7-4-3-5-8-14/h3-11,13,17H,12H2,1-2H3,(H,20,21)(H,22,23)/t17-/m1/s1. The third kappa shape index (κ3) is 4.92. The van der Waals surface area contributed by atoms with Crippen LogP contribution in [0, 0.1) is 5.92 Å². The lowest BCUT2D eigenvalue weighted by atomic mass is 10.0. The topological polar surface area (TPSA) is 101 Å². The zero-order valence-corrected chi connectivity index (χ0v) is 15.4. The van der Waals surface area contributed by atoms with Gasteiger partial charge in [0.15, 0.2) is 9.84 Å². The highest BCUT2D eigenvalue weighted by molar-refractivity contribution is 7.90. The number of carboxylic acids is 1. The molecule has 0 aromatic heterocycles. The molecule has 0 aliphatic heterocycles. The van der Waals surface area contributed by atoms with Crippen LogP contribution < -0.4 is 5.32 Å². The van der Waals surface area contributed by atoms with Crippen LogP contribution in [0.1, 0.15) is 29.8 Å². The Bertz CT molecular complexity index is 891. The number of sulfone groups is 1. The summed E-state index contributed by atoms with van der Waals surface area (Å²) in [5.74, 6) is -2.24. The van der Waals surface area contributed by atoms with E-state index < -0.39 is 27.8 Å². The molecule has 0 radical (unpaired) electrons. The van der Waals surface area contributed by atoms with Crippen LogP contribution in [-0.2, 0) is 20.4 Å². The summed E-state index contributed by atoms with van der Waals surface area (Å²) in [4.78, 5) is 23.6. The van der Waals surface area contributed by atoms with Crippen molar-refractivity contribution in [3.8, 4) is 0 Å². The molecule has 0 saturated heterocycles. The molecular formula is C19H21NO5S. The first-order valence-electron chi connectivity index (χ1n) is 8.11. The van der Waals surface area contributed by atoms with Crippen molar-refractivity contribution in [3.63, 3.8) is 0 Å². The van der Waals surface area contributed by atoms with E-state index in [4.69, 9.17) is 0 Å². The van der Waals surface area contributed by atoms with Crippen LogP contribution in [0.25, 0.3) is 0 Å². The summed E-state index contributed by atoms with van der Waals surface area (Å²) in [5, 5.41) is 11.6. The number of carboxylic acid groups (broad SMARTS) is 1. The lowest BCUT2D eigenvalue weighted by Crippen LogP contribution is -2.44. The van der Waals surface area contributed by atoms with Crippen molar-refractivity contribution in [2.45, 2.75) is 30.5 Å². The van der Waals surface area contributed by atoms with Gasteiger partial charge in [0.25, 0.3) is 5.91 Å². The first-order valence-corrected chi connectivity index (χ1v) is 9.76. The minimum Gasteiger partial charge on any atom is -0.480 e. The van der Waals surface area contributed by atoms with E-state index in [9.17, 15) is 23.1 Å². The van der Waals surface area contributed by atoms with Gasteiger partial charge in [0.2, 0.25) is 0 Å². The van der Waals surface area contributed by atoms with E-state index in [1.165, 1.54) is 24.3 Å². The predicted octanol–water partition coefficient (Wildman–Crippen LogP) is 2.50. The normalized spacial score (nSPS) is 12.6. The van der Waals surface area contributed by atoms with E-state index in [0.29, 0.717) is 5.56 Å².